The summed E-state index contributed by atoms with van der Waals surface area (Å²) in [6.07, 6.45) is 13.6. The maximum atomic E-state index is 12.1. The third-order valence-corrected chi connectivity index (χ3v) is 18.0. The van der Waals surface area contributed by atoms with Gasteiger partial charge in [0.25, 0.3) is 0 Å². The largest absolute Gasteiger partial charge is 0.481 e. The van der Waals surface area contributed by atoms with Crippen molar-refractivity contribution in [3.8, 4) is 0 Å². The Morgan fingerprint density at radius 3 is 0.920 bits per heavy atom. The lowest BCUT2D eigenvalue weighted by atomic mass is 10.0. The van der Waals surface area contributed by atoms with Gasteiger partial charge in [-0.05, 0) is 224 Å². The molecule has 0 aromatic carbocycles. The summed E-state index contributed by atoms with van der Waals surface area (Å²) in [5.74, 6) is -3.73. The van der Waals surface area contributed by atoms with Gasteiger partial charge in [-0.15, -0.1) is 0 Å². The minimum atomic E-state index is -0.935. The third kappa shape index (κ3) is 11.9. The van der Waals surface area contributed by atoms with E-state index in [1.54, 1.807) is 13.8 Å². The van der Waals surface area contributed by atoms with Gasteiger partial charge in [0.2, 0.25) is 0 Å². The second kappa shape index (κ2) is 24.0. The van der Waals surface area contributed by atoms with Crippen LogP contribution in [0.15, 0.2) is 0 Å². The monoisotopic (exact) mass is 1180 g/mol. The zero-order valence-electron chi connectivity index (χ0n) is 51.3. The van der Waals surface area contributed by atoms with Gasteiger partial charge in [-0.1, -0.05) is 0 Å². The van der Waals surface area contributed by atoms with E-state index in [-0.39, 0.29) is 51.4 Å². The minimum Gasteiger partial charge on any atom is -0.481 e. The quantitative estimate of drug-likeness (QED) is 0.0539. The van der Waals surface area contributed by atoms with Crippen LogP contribution in [-0.4, -0.2) is 94.4 Å². The van der Waals surface area contributed by atoms with E-state index in [4.69, 9.17) is 4.74 Å². The molecule has 14 N–H and O–H groups in total. The molecular formula is C68H78N8O11. The fraction of sp³-hybridized carbons (Fsp3) is 0.353. The van der Waals surface area contributed by atoms with Crippen LogP contribution in [0.5, 0.6) is 0 Å². The SMILES string of the molecule is Cc1c2[nH]c(c1CCC(=O)O)C=c1[nH]c(c(C)c1CCC(=O)O)=Cc1[nH]c(c(C(C)OC(C)c3c4[nH]c(c3C)C=c3[nH]c(c(CCC(=O)O)c3C)=Cc3[nH]c(c(C)c3CCC(=O)O)C=c3[nH]c(c(C)c3C(C)O)=C4)c1C)C=c1[nH]c(c(C(C)O)c1C)=C2. The molecule has 0 spiro atoms. The second-order valence-electron chi connectivity index (χ2n) is 23.7. The summed E-state index contributed by atoms with van der Waals surface area (Å²) in [7, 11) is 0. The number of aliphatic hydroxyl groups is 2. The molecule has 0 amide bonds. The molecule has 0 saturated heterocycles. The number of ether oxygens (including phenoxy) is 1. The highest BCUT2D eigenvalue weighted by atomic mass is 16.5. The van der Waals surface area contributed by atoms with Crippen molar-refractivity contribution in [3.63, 3.8) is 0 Å². The summed E-state index contributed by atoms with van der Waals surface area (Å²) >= 11 is 0. The Bertz CT molecular complexity index is 4370. The smallest absolute Gasteiger partial charge is 0.303 e. The number of carboxylic acid groups (broad SMARTS) is 4. The van der Waals surface area contributed by atoms with Crippen molar-refractivity contribution >= 4 is 72.5 Å². The van der Waals surface area contributed by atoms with Crippen LogP contribution in [-0.2, 0) is 49.6 Å². The highest BCUT2D eigenvalue weighted by Gasteiger charge is 2.27. The summed E-state index contributed by atoms with van der Waals surface area (Å²) in [6.45, 7) is 23.3. The Hall–Kier alpha value is -9.04. The number of carbonyl (C=O) groups is 4. The first kappa shape index (κ1) is 61.1. The number of aromatic amines is 8. The van der Waals surface area contributed by atoms with Crippen LogP contribution in [0.4, 0.5) is 0 Å². The number of aliphatic hydroxyl groups excluding tert-OH is 2. The fourth-order valence-corrected chi connectivity index (χ4v) is 13.4. The number of hydrogen-bond donors (Lipinski definition) is 14. The fourth-order valence-electron chi connectivity index (χ4n) is 13.4. The van der Waals surface area contributed by atoms with Crippen LogP contribution in [0, 0.1) is 55.4 Å². The molecule has 4 unspecified atom stereocenters. The molecule has 8 aromatic rings. The van der Waals surface area contributed by atoms with Gasteiger partial charge in [0.05, 0.1) is 24.4 Å². The number of H-pyrrole nitrogens is 8. The molecule has 4 atom stereocenters. The van der Waals surface area contributed by atoms with E-state index in [1.807, 2.05) is 118 Å². The Morgan fingerprint density at radius 1 is 0.322 bits per heavy atom. The Balaban J connectivity index is 1.17. The van der Waals surface area contributed by atoms with Crippen LogP contribution >= 0.6 is 0 Å². The Labute approximate surface area is 501 Å². The number of carboxylic acids is 4. The van der Waals surface area contributed by atoms with Crippen molar-refractivity contribution in [1.29, 1.82) is 0 Å². The number of nitrogens with one attached hydrogen (secondary N) is 8. The van der Waals surface area contributed by atoms with Crippen molar-refractivity contribution in [3.05, 3.63) is 177 Å². The summed E-state index contributed by atoms with van der Waals surface area (Å²) < 4.78 is 7.30. The molecule has 10 rings (SSSR count). The van der Waals surface area contributed by atoms with E-state index in [2.05, 4.69) is 39.9 Å². The van der Waals surface area contributed by atoms with E-state index >= 15 is 0 Å². The van der Waals surface area contributed by atoms with Crippen molar-refractivity contribution in [2.45, 2.75) is 159 Å². The molecule has 16 bridgehead atoms. The summed E-state index contributed by atoms with van der Waals surface area (Å²) in [6, 6.07) is 0. The molecule has 456 valence electrons. The van der Waals surface area contributed by atoms with Gasteiger partial charge in [-0.25, -0.2) is 0 Å². The zero-order valence-corrected chi connectivity index (χ0v) is 51.3. The number of hydrogen-bond acceptors (Lipinski definition) is 7. The molecule has 2 aliphatic rings. The minimum absolute atomic E-state index is 0.0988. The average molecular weight is 1180 g/mol. The normalized spacial score (nSPS) is 14.0. The predicted octanol–water partition coefficient (Wildman–Crippen LogP) is 5.05. The molecule has 0 fully saturated rings. The molecule has 0 radical (unpaired) electrons. The van der Waals surface area contributed by atoms with E-state index in [9.17, 15) is 49.8 Å². The van der Waals surface area contributed by atoms with Crippen LogP contribution in [0.3, 0.4) is 0 Å². The van der Waals surface area contributed by atoms with Gasteiger partial charge in [0.1, 0.15) is 0 Å². The van der Waals surface area contributed by atoms with Crippen LogP contribution in [0.1, 0.15) is 212 Å². The van der Waals surface area contributed by atoms with E-state index < -0.39 is 48.3 Å². The first-order chi connectivity index (χ1) is 41.2. The van der Waals surface area contributed by atoms with Crippen molar-refractivity contribution in [2.24, 2.45) is 0 Å². The summed E-state index contributed by atoms with van der Waals surface area (Å²) in [5, 5.41) is 68.0. The second-order valence-corrected chi connectivity index (χ2v) is 23.7. The van der Waals surface area contributed by atoms with Gasteiger partial charge in [0.15, 0.2) is 0 Å². The first-order valence-electron chi connectivity index (χ1n) is 29.6. The van der Waals surface area contributed by atoms with Crippen molar-refractivity contribution in [1.82, 2.24) is 39.9 Å². The van der Waals surface area contributed by atoms with Crippen LogP contribution in [0.25, 0.3) is 48.6 Å². The van der Waals surface area contributed by atoms with Gasteiger partial charge < -0.3 is 75.2 Å². The molecule has 19 nitrogen and oxygen atoms in total. The van der Waals surface area contributed by atoms with Crippen molar-refractivity contribution in [2.75, 3.05) is 0 Å². The topological polar surface area (TPSA) is 325 Å². The Kier molecular flexibility index (Phi) is 16.9. The van der Waals surface area contributed by atoms with Gasteiger partial charge in [-0.3, -0.25) is 19.2 Å². The number of fused-ring (bicyclic) bond motifs is 16. The first-order valence-corrected chi connectivity index (χ1v) is 29.6. The lowest BCUT2D eigenvalue weighted by Gasteiger charge is -2.21. The molecule has 2 aliphatic heterocycles. The number of aliphatic carboxylic acids is 4. The molecule has 0 aliphatic carbocycles. The van der Waals surface area contributed by atoms with Crippen LogP contribution < -0.4 is 42.8 Å². The van der Waals surface area contributed by atoms with Crippen LogP contribution in [0.2, 0.25) is 0 Å². The molecule has 19 heteroatoms. The summed E-state index contributed by atoms with van der Waals surface area (Å²) in [4.78, 5) is 77.2. The molecule has 8 aromatic heterocycles. The maximum Gasteiger partial charge on any atom is 0.303 e. The molecule has 87 heavy (non-hydrogen) atoms. The third-order valence-electron chi connectivity index (χ3n) is 18.0. The standard InChI is InChI=1S/C68H78N8O11/c1-29-41(13-17-61(79)80)53-27-55-43(15-19-63(83)84)31(3)47(71-55)23-57-65(37(9)77)33(5)51(73-57)25-59-67(35(7)49(75-59)21-45(29)69-53)39(11)87-40(12)68-36(8)50-22-46-30(2)42(14-18-62(81)82)54(70-46)28-56-44(16-20-64(85)86)32(4)48(72-56)24-58-66(38(10)78)34(6)52(74-58)26-60(68)76-50/h21-28,37-40,69-78H,13-20H2,1-12H3,(H,79,80)(H,81,82)(H,83,84)(H,85,86). The molecule has 10 heterocycles. The highest BCUT2D eigenvalue weighted by molar-refractivity contribution is 5.72. The van der Waals surface area contributed by atoms with Gasteiger partial charge in [-0.2, -0.15) is 0 Å². The van der Waals surface area contributed by atoms with Gasteiger partial charge >= 0.3 is 23.9 Å². The lowest BCUT2D eigenvalue weighted by molar-refractivity contribution is -0.138. The lowest BCUT2D eigenvalue weighted by Crippen LogP contribution is -2.14. The molecular weight excluding hydrogens is 1100 g/mol. The maximum absolute atomic E-state index is 12.1. The Morgan fingerprint density at radius 2 is 0.586 bits per heavy atom. The molecule has 0 saturated carbocycles. The zero-order chi connectivity index (χ0) is 62.8. The number of aromatic nitrogens is 8. The predicted molar refractivity (Wildman–Crippen MR) is 333 cm³/mol. The highest BCUT2D eigenvalue weighted by Crippen LogP contribution is 2.37. The van der Waals surface area contributed by atoms with Crippen molar-refractivity contribution < 1.29 is 54.6 Å². The van der Waals surface area contributed by atoms with E-state index in [0.29, 0.717) is 43.9 Å². The van der Waals surface area contributed by atoms with Gasteiger partial charge in [0, 0.05) is 136 Å². The van der Waals surface area contributed by atoms with E-state index in [0.717, 1.165) is 133 Å². The summed E-state index contributed by atoms with van der Waals surface area (Å²) in [5.41, 5.74) is 19.2. The number of rotatable bonds is 18. The van der Waals surface area contributed by atoms with E-state index in [1.165, 1.54) is 0 Å². The average Bonchev–Trinajstić information content (AvgIpc) is 1.76.